The number of nitrogens with one attached hydrogen (secondary N) is 2. The maximum absolute atomic E-state index is 12.5. The summed E-state index contributed by atoms with van der Waals surface area (Å²) in [4.78, 5) is 31.6. The van der Waals surface area contributed by atoms with Gasteiger partial charge in [0.05, 0.1) is 17.6 Å². The van der Waals surface area contributed by atoms with Crippen molar-refractivity contribution in [3.63, 3.8) is 0 Å². The van der Waals surface area contributed by atoms with Crippen LogP contribution in [0.25, 0.3) is 0 Å². The van der Waals surface area contributed by atoms with E-state index >= 15 is 0 Å². The number of carbonyl (C=O) groups is 2. The molecule has 3 amide bonds. The van der Waals surface area contributed by atoms with Crippen molar-refractivity contribution < 1.29 is 40.0 Å². The van der Waals surface area contributed by atoms with E-state index in [4.69, 9.17) is 9.96 Å². The van der Waals surface area contributed by atoms with Crippen molar-refractivity contribution in [2.45, 2.75) is 31.1 Å². The topological polar surface area (TPSA) is 166 Å². The Labute approximate surface area is 161 Å². The number of aromatic nitrogens is 2. The molecular formula is C13H13F3N6O6S. The van der Waals surface area contributed by atoms with E-state index in [9.17, 15) is 31.2 Å². The minimum Gasteiger partial charge on any atom is -0.310 e. The highest BCUT2D eigenvalue weighted by Gasteiger charge is 2.48. The van der Waals surface area contributed by atoms with Gasteiger partial charge in [0, 0.05) is 18.9 Å². The monoisotopic (exact) mass is 438 g/mol. The number of urea groups is 1. The van der Waals surface area contributed by atoms with Crippen LogP contribution in [0.1, 0.15) is 29.0 Å². The summed E-state index contributed by atoms with van der Waals surface area (Å²) in [6.07, 6.45) is -3.09. The molecule has 16 heteroatoms. The van der Waals surface area contributed by atoms with Crippen LogP contribution < -0.4 is 5.32 Å². The summed E-state index contributed by atoms with van der Waals surface area (Å²) < 4.78 is 72.1. The maximum atomic E-state index is 12.5. The van der Waals surface area contributed by atoms with Crippen LogP contribution in [0.5, 0.6) is 0 Å². The highest BCUT2D eigenvalue weighted by Crippen LogP contribution is 2.31. The number of halogens is 3. The van der Waals surface area contributed by atoms with Gasteiger partial charge in [0.15, 0.2) is 0 Å². The van der Waals surface area contributed by atoms with E-state index in [2.05, 4.69) is 19.6 Å². The van der Waals surface area contributed by atoms with E-state index in [0.717, 1.165) is 4.90 Å². The molecule has 0 aromatic carbocycles. The van der Waals surface area contributed by atoms with Gasteiger partial charge in [-0.05, 0) is 12.8 Å². The zero-order valence-corrected chi connectivity index (χ0v) is 15.1. The van der Waals surface area contributed by atoms with Crippen molar-refractivity contribution in [1.29, 1.82) is 5.41 Å². The van der Waals surface area contributed by atoms with Gasteiger partial charge >= 0.3 is 22.6 Å². The van der Waals surface area contributed by atoms with Crippen molar-refractivity contribution in [3.05, 3.63) is 23.8 Å². The average molecular weight is 438 g/mol. The van der Waals surface area contributed by atoms with Gasteiger partial charge in [0.25, 0.3) is 5.91 Å². The summed E-state index contributed by atoms with van der Waals surface area (Å²) in [5, 5.41) is 10.7. The molecule has 0 spiro atoms. The van der Waals surface area contributed by atoms with Crippen LogP contribution >= 0.6 is 0 Å². The summed E-state index contributed by atoms with van der Waals surface area (Å²) in [7, 11) is -4.92. The number of nitrogens with zero attached hydrogens (tertiary/aromatic N) is 4. The molecule has 3 heterocycles. The molecule has 0 radical (unpaired) electrons. The second kappa shape index (κ2) is 7.20. The Balaban J connectivity index is 1.67. The number of rotatable bonds is 4. The van der Waals surface area contributed by atoms with Gasteiger partial charge in [-0.1, -0.05) is 0 Å². The van der Waals surface area contributed by atoms with E-state index in [1.807, 2.05) is 0 Å². The molecule has 2 atom stereocenters. The van der Waals surface area contributed by atoms with Crippen LogP contribution in [-0.4, -0.2) is 69.3 Å². The lowest BCUT2D eigenvalue weighted by Gasteiger charge is -2.30. The van der Waals surface area contributed by atoms with Crippen LogP contribution in [0.4, 0.5) is 18.0 Å². The van der Waals surface area contributed by atoms with Gasteiger partial charge < -0.3 is 10.2 Å². The summed E-state index contributed by atoms with van der Waals surface area (Å²) in [5.74, 6) is -2.82. The van der Waals surface area contributed by atoms with E-state index in [-0.39, 0.29) is 24.9 Å². The Bertz CT molecular complexity index is 953. The van der Waals surface area contributed by atoms with E-state index in [1.54, 1.807) is 0 Å². The molecule has 3 rings (SSSR count). The lowest BCUT2D eigenvalue weighted by Crippen LogP contribution is -2.50. The number of amides is 3. The molecule has 2 bridgehead atoms. The van der Waals surface area contributed by atoms with Gasteiger partial charge in [0.2, 0.25) is 5.82 Å². The van der Waals surface area contributed by atoms with Crippen LogP contribution in [-0.2, 0) is 20.9 Å². The molecule has 2 aliphatic rings. The fraction of sp³-hybridized carbons (Fsp3) is 0.462. The first-order valence-electron chi connectivity index (χ1n) is 7.92. The largest absolute Gasteiger partial charge is 0.451 e. The summed E-state index contributed by atoms with van der Waals surface area (Å²) >= 11 is 0. The number of hydroxylamine groups is 2. The quantitative estimate of drug-likeness (QED) is 0.341. The van der Waals surface area contributed by atoms with Gasteiger partial charge in [-0.25, -0.2) is 14.8 Å². The third-order valence-electron chi connectivity index (χ3n) is 4.25. The fourth-order valence-corrected chi connectivity index (χ4v) is 3.39. The molecule has 3 N–H and O–H groups in total. The van der Waals surface area contributed by atoms with Gasteiger partial charge in [-0.15, -0.1) is 4.28 Å². The lowest BCUT2D eigenvalue weighted by molar-refractivity contribution is -0.145. The second-order valence-electron chi connectivity index (χ2n) is 6.17. The number of hydrogen-bond donors (Lipinski definition) is 3. The molecule has 158 valence electrons. The highest BCUT2D eigenvalue weighted by molar-refractivity contribution is 7.80. The molecule has 29 heavy (non-hydrogen) atoms. The first-order chi connectivity index (χ1) is 13.4. The predicted octanol–water partition coefficient (Wildman–Crippen LogP) is 0.205. The molecular weight excluding hydrogens is 425 g/mol. The summed E-state index contributed by atoms with van der Waals surface area (Å²) in [5.41, 5.74) is -0.333. The number of piperidine rings is 1. The highest BCUT2D eigenvalue weighted by atomic mass is 32.3. The average Bonchev–Trinajstić information content (AvgIpc) is 2.84. The molecule has 1 aromatic heterocycles. The summed E-state index contributed by atoms with van der Waals surface area (Å²) in [6, 6.07) is -2.53. The summed E-state index contributed by atoms with van der Waals surface area (Å²) in [6.45, 7) is -0.0132. The molecule has 12 nitrogen and oxygen atoms in total. The molecule has 0 aliphatic carbocycles. The molecule has 2 fully saturated rings. The standard InChI is InChI=1S/C13H13F3N6O6S/c14-13(15,16)11-18-3-6(4-19-11)10(23)20-9(17)8-2-1-7-5-21(8)12(24)22(7)28-29(25,26)27/h3-4,7-8H,1-2,5H2,(H2,17,20,23)(H,25,26,27)/t7-,8+/m1/s1. The number of fused-ring (bicyclic) bond motifs is 2. The molecule has 0 unspecified atom stereocenters. The second-order valence-corrected chi connectivity index (χ2v) is 7.18. The van der Waals surface area contributed by atoms with E-state index < -0.39 is 52.3 Å². The molecule has 2 saturated heterocycles. The van der Waals surface area contributed by atoms with Gasteiger partial charge in [-0.3, -0.25) is 14.8 Å². The Kier molecular flexibility index (Phi) is 5.18. The minimum absolute atomic E-state index is 0.0132. The third-order valence-corrected chi connectivity index (χ3v) is 4.60. The van der Waals surface area contributed by atoms with Crippen molar-refractivity contribution in [2.24, 2.45) is 0 Å². The van der Waals surface area contributed by atoms with Crippen molar-refractivity contribution in [1.82, 2.24) is 25.2 Å². The Morgan fingerprint density at radius 2 is 1.93 bits per heavy atom. The van der Waals surface area contributed by atoms with Crippen LogP contribution in [0.3, 0.4) is 0 Å². The normalized spacial score (nSPS) is 22.0. The maximum Gasteiger partial charge on any atom is 0.451 e. The van der Waals surface area contributed by atoms with Crippen LogP contribution in [0, 0.1) is 5.41 Å². The van der Waals surface area contributed by atoms with E-state index in [0.29, 0.717) is 17.5 Å². The van der Waals surface area contributed by atoms with Gasteiger partial charge in [-0.2, -0.15) is 26.7 Å². The number of amidine groups is 1. The van der Waals surface area contributed by atoms with E-state index in [1.165, 1.54) is 0 Å². The molecule has 2 aliphatic heterocycles. The van der Waals surface area contributed by atoms with Crippen molar-refractivity contribution >= 4 is 28.2 Å². The van der Waals surface area contributed by atoms with Gasteiger partial charge in [0.1, 0.15) is 5.84 Å². The smallest absolute Gasteiger partial charge is 0.310 e. The van der Waals surface area contributed by atoms with Crippen LogP contribution in [0.15, 0.2) is 12.4 Å². The predicted molar refractivity (Wildman–Crippen MR) is 85.6 cm³/mol. The zero-order chi connectivity index (χ0) is 21.6. The number of carbonyl (C=O) groups excluding carboxylic acids is 2. The minimum atomic E-state index is -4.92. The number of hydrogen-bond acceptors (Lipinski definition) is 8. The third kappa shape index (κ3) is 4.43. The Morgan fingerprint density at radius 1 is 1.31 bits per heavy atom. The molecule has 1 aromatic rings. The Hall–Kier alpha value is -2.85. The first-order valence-corrected chi connectivity index (χ1v) is 9.29. The first kappa shape index (κ1) is 20.9. The Morgan fingerprint density at radius 3 is 2.48 bits per heavy atom. The number of alkyl halides is 3. The lowest BCUT2D eigenvalue weighted by atomic mass is 10.00. The SMILES string of the molecule is N=C(NC(=O)c1cnc(C(F)(F)F)nc1)[C@@H]1CC[C@@H]2CN1C(=O)N2OS(=O)(=O)O. The van der Waals surface area contributed by atoms with Crippen molar-refractivity contribution in [3.8, 4) is 0 Å². The van der Waals surface area contributed by atoms with Crippen LogP contribution in [0.2, 0.25) is 0 Å². The molecule has 0 saturated carbocycles. The fourth-order valence-electron chi connectivity index (χ4n) is 3.00. The van der Waals surface area contributed by atoms with Crippen molar-refractivity contribution in [2.75, 3.05) is 6.54 Å². The zero-order valence-electron chi connectivity index (χ0n) is 14.3.